The van der Waals surface area contributed by atoms with Crippen LogP contribution in [-0.4, -0.2) is 65.1 Å². The van der Waals surface area contributed by atoms with Crippen LogP contribution >= 0.6 is 0 Å². The van der Waals surface area contributed by atoms with Crippen LogP contribution in [0, 0.1) is 6.92 Å². The zero-order chi connectivity index (χ0) is 28.1. The summed E-state index contributed by atoms with van der Waals surface area (Å²) in [6.07, 6.45) is -4.87. The van der Waals surface area contributed by atoms with E-state index < -0.39 is 42.1 Å². The quantitative estimate of drug-likeness (QED) is 0.363. The molecule has 14 nitrogen and oxygen atoms in total. The van der Waals surface area contributed by atoms with E-state index in [2.05, 4.69) is 35.1 Å². The Kier molecular flexibility index (Phi) is 6.29. The Hall–Kier alpha value is -4.80. The van der Waals surface area contributed by atoms with E-state index in [0.717, 1.165) is 4.90 Å². The zero-order valence-electron chi connectivity index (χ0n) is 20.5. The van der Waals surface area contributed by atoms with Gasteiger partial charge in [-0.1, -0.05) is 16.4 Å². The van der Waals surface area contributed by atoms with Gasteiger partial charge in [0.15, 0.2) is 11.5 Å². The van der Waals surface area contributed by atoms with Crippen molar-refractivity contribution >= 4 is 23.5 Å². The molecule has 39 heavy (non-hydrogen) atoms. The zero-order valence-corrected chi connectivity index (χ0v) is 20.5. The van der Waals surface area contributed by atoms with Gasteiger partial charge in [0.25, 0.3) is 5.91 Å². The van der Waals surface area contributed by atoms with Crippen LogP contribution in [0.15, 0.2) is 39.6 Å². The van der Waals surface area contributed by atoms with Gasteiger partial charge in [0.2, 0.25) is 18.1 Å². The highest BCUT2D eigenvalue weighted by Crippen LogP contribution is 2.32. The first kappa shape index (κ1) is 25.8. The Labute approximate surface area is 217 Å². The minimum absolute atomic E-state index is 0.00131. The second-order valence-corrected chi connectivity index (χ2v) is 8.64. The Balaban J connectivity index is 1.36. The van der Waals surface area contributed by atoms with Gasteiger partial charge >= 0.3 is 12.1 Å². The Morgan fingerprint density at radius 3 is 2.67 bits per heavy atom. The molecule has 2 amide bonds. The molecule has 1 aliphatic rings. The number of carbonyl (C=O) groups excluding carboxylic acids is 2. The van der Waals surface area contributed by atoms with E-state index >= 15 is 0 Å². The molecule has 0 fully saturated rings. The van der Waals surface area contributed by atoms with Gasteiger partial charge in [0.05, 0.1) is 12.9 Å². The monoisotopic (exact) mass is 547 g/mol. The van der Waals surface area contributed by atoms with E-state index in [1.54, 1.807) is 13.0 Å². The number of hydrogen-bond donors (Lipinski definition) is 2. The third-order valence-corrected chi connectivity index (χ3v) is 5.90. The summed E-state index contributed by atoms with van der Waals surface area (Å²) < 4.78 is 49.0. The molecule has 4 aromatic rings. The molecule has 5 rings (SSSR count). The molecular formula is C22H20F3N9O5. The molecule has 0 saturated heterocycles. The number of aromatic nitrogens is 6. The number of pyridine rings is 1. The highest BCUT2D eigenvalue weighted by molar-refractivity contribution is 6.01. The number of halogens is 3. The molecule has 204 valence electrons. The summed E-state index contributed by atoms with van der Waals surface area (Å²) in [6, 6.07) is 4.84. The van der Waals surface area contributed by atoms with Gasteiger partial charge < -0.3 is 28.9 Å². The van der Waals surface area contributed by atoms with Crippen LogP contribution in [0.5, 0.6) is 0 Å². The van der Waals surface area contributed by atoms with E-state index in [1.165, 1.54) is 48.0 Å². The molecule has 0 spiro atoms. The van der Waals surface area contributed by atoms with E-state index in [4.69, 9.17) is 4.52 Å². The molecule has 4 aromatic heterocycles. The van der Waals surface area contributed by atoms with Crippen molar-refractivity contribution in [3.05, 3.63) is 53.6 Å². The number of imidazole rings is 1. The van der Waals surface area contributed by atoms with Gasteiger partial charge in [-0.25, -0.2) is 9.97 Å². The van der Waals surface area contributed by atoms with Crippen LogP contribution in [0.2, 0.25) is 0 Å². The summed E-state index contributed by atoms with van der Waals surface area (Å²) in [6.45, 7) is 3.15. The first-order chi connectivity index (χ1) is 18.4. The van der Waals surface area contributed by atoms with E-state index in [0.29, 0.717) is 11.5 Å². The maximum Gasteiger partial charge on any atom is 0.471 e. The van der Waals surface area contributed by atoms with Gasteiger partial charge in [-0.2, -0.15) is 18.2 Å². The number of fused-ring (bicyclic) bond motifs is 1. The molecule has 5 heterocycles. The van der Waals surface area contributed by atoms with Gasteiger partial charge in [-0.15, -0.1) is 0 Å². The molecule has 1 unspecified atom stereocenters. The largest absolute Gasteiger partial charge is 0.471 e. The number of anilines is 2. The lowest BCUT2D eigenvalue weighted by Crippen LogP contribution is -2.54. The molecule has 0 radical (unpaired) electrons. The van der Waals surface area contributed by atoms with Crippen molar-refractivity contribution in [2.24, 2.45) is 0 Å². The third-order valence-electron chi connectivity index (χ3n) is 5.90. The Morgan fingerprint density at radius 1 is 1.23 bits per heavy atom. The lowest BCUT2D eigenvalue weighted by molar-refractivity contribution is -0.159. The first-order valence-corrected chi connectivity index (χ1v) is 11.3. The highest BCUT2D eigenvalue weighted by atomic mass is 19.4. The summed E-state index contributed by atoms with van der Waals surface area (Å²) in [4.78, 5) is 40.6. The summed E-state index contributed by atoms with van der Waals surface area (Å²) >= 11 is 0. The number of rotatable bonds is 6. The van der Waals surface area contributed by atoms with Crippen LogP contribution in [0.1, 0.15) is 40.8 Å². The topological polar surface area (TPSA) is 169 Å². The number of nitrogens with zero attached hydrogens (tertiary/aromatic N) is 8. The van der Waals surface area contributed by atoms with Crippen LogP contribution in [-0.2, 0) is 17.5 Å². The maximum atomic E-state index is 13.4. The lowest BCUT2D eigenvalue weighted by atomic mass is 10.2. The van der Waals surface area contributed by atoms with E-state index in [1.807, 2.05) is 0 Å². The fourth-order valence-electron chi connectivity index (χ4n) is 3.92. The lowest BCUT2D eigenvalue weighted by Gasteiger charge is -2.38. The normalized spacial score (nSPS) is 16.4. The summed E-state index contributed by atoms with van der Waals surface area (Å²) in [5.74, 6) is -2.44. The number of alkyl halides is 3. The predicted molar refractivity (Wildman–Crippen MR) is 124 cm³/mol. The number of hydrogen-bond acceptors (Lipinski definition) is 11. The van der Waals surface area contributed by atoms with Crippen LogP contribution in [0.25, 0.3) is 11.5 Å². The molecule has 0 bridgehead atoms. The average molecular weight is 547 g/mol. The number of amides is 2. The third kappa shape index (κ3) is 4.78. The summed E-state index contributed by atoms with van der Waals surface area (Å²) in [5.41, 5.74) is 0.409. The van der Waals surface area contributed by atoms with Crippen molar-refractivity contribution in [3.8, 4) is 11.5 Å². The molecule has 2 N–H and O–H groups in total. The number of aliphatic hydroxyl groups excluding tert-OH is 1. The van der Waals surface area contributed by atoms with Gasteiger partial charge in [0.1, 0.15) is 29.0 Å². The number of aryl methyl sites for hydroxylation is 1. The van der Waals surface area contributed by atoms with Crippen molar-refractivity contribution < 1.29 is 36.9 Å². The van der Waals surface area contributed by atoms with Crippen LogP contribution in [0.4, 0.5) is 24.8 Å². The Morgan fingerprint density at radius 2 is 2.00 bits per heavy atom. The fourth-order valence-corrected chi connectivity index (χ4v) is 3.92. The van der Waals surface area contributed by atoms with Crippen molar-refractivity contribution in [2.45, 2.75) is 39.0 Å². The van der Waals surface area contributed by atoms with Gasteiger partial charge in [-0.05, 0) is 26.0 Å². The minimum atomic E-state index is -4.82. The van der Waals surface area contributed by atoms with Crippen molar-refractivity contribution in [2.75, 3.05) is 17.3 Å². The molecule has 2 atom stereocenters. The standard InChI is InChI=1S/C22H20F3N9O5/c1-10-7-12(30-38-10)8-33-19(36)15-17(32(3)21(33)37)26-9-34(15)11(2)18(35)28-14-6-4-5-13(27-14)16-29-20(39-31-16)22(23,24)25/h4-7,9,11,21,37H,8H2,1-3H3,(H,27,28,35)/t11-,21?/m0/s1. The number of aliphatic hydroxyl groups is 1. The minimum Gasteiger partial charge on any atom is -0.361 e. The highest BCUT2D eigenvalue weighted by Gasteiger charge is 2.41. The first-order valence-electron chi connectivity index (χ1n) is 11.3. The molecule has 0 saturated carbocycles. The van der Waals surface area contributed by atoms with Crippen molar-refractivity contribution in [1.29, 1.82) is 0 Å². The average Bonchev–Trinajstić information content (AvgIpc) is 3.64. The number of nitrogens with one attached hydrogen (secondary N) is 1. The van der Waals surface area contributed by atoms with Gasteiger partial charge in [-0.3, -0.25) is 14.5 Å². The second kappa shape index (κ2) is 9.50. The second-order valence-electron chi connectivity index (χ2n) is 8.64. The summed E-state index contributed by atoms with van der Waals surface area (Å²) in [5, 5.41) is 20.4. The molecule has 1 aliphatic heterocycles. The number of carbonyl (C=O) groups is 2. The molecular weight excluding hydrogens is 527 g/mol. The van der Waals surface area contributed by atoms with Crippen molar-refractivity contribution in [1.82, 2.24) is 34.7 Å². The van der Waals surface area contributed by atoms with Crippen molar-refractivity contribution in [3.63, 3.8) is 0 Å². The molecule has 17 heteroatoms. The smallest absolute Gasteiger partial charge is 0.361 e. The van der Waals surface area contributed by atoms with Crippen LogP contribution in [0.3, 0.4) is 0 Å². The molecule has 0 aromatic carbocycles. The maximum absolute atomic E-state index is 13.4. The summed E-state index contributed by atoms with van der Waals surface area (Å²) in [7, 11) is 1.54. The van der Waals surface area contributed by atoms with Crippen LogP contribution < -0.4 is 10.2 Å². The van der Waals surface area contributed by atoms with Gasteiger partial charge in [0, 0.05) is 13.1 Å². The Bertz CT molecular complexity index is 1550. The molecule has 0 aliphatic carbocycles. The van der Waals surface area contributed by atoms with E-state index in [9.17, 15) is 27.9 Å². The predicted octanol–water partition coefficient (Wildman–Crippen LogP) is 2.21. The van der Waals surface area contributed by atoms with E-state index in [-0.39, 0.29) is 29.6 Å². The SMILES string of the molecule is Cc1cc(CN2C(=O)c3c(ncn3[C@@H](C)C(=O)Nc3cccc(-c4noc(C(F)(F)F)n4)n3)N(C)C2O)no1. The fraction of sp³-hybridized carbons (Fsp3) is 0.318.